The quantitative estimate of drug-likeness (QED) is 0.100. The molecule has 0 fully saturated rings. The number of nitrogens with one attached hydrogen (secondary N) is 1. The molecule has 1 amide bonds. The molecule has 0 unspecified atom stereocenters. The molecular weight excluding hydrogens is 688 g/mol. The van der Waals surface area contributed by atoms with E-state index in [1.807, 2.05) is 42.5 Å². The summed E-state index contributed by atoms with van der Waals surface area (Å²) in [6.45, 7) is 0.199. The summed E-state index contributed by atoms with van der Waals surface area (Å²) in [6.07, 6.45) is 1.56. The van der Waals surface area contributed by atoms with Crippen molar-refractivity contribution >= 4 is 73.8 Å². The summed E-state index contributed by atoms with van der Waals surface area (Å²) in [4.78, 5) is 23.3. The van der Waals surface area contributed by atoms with Crippen LogP contribution in [0.15, 0.2) is 77.9 Å². The van der Waals surface area contributed by atoms with E-state index in [0.717, 1.165) is 23.5 Å². The van der Waals surface area contributed by atoms with Gasteiger partial charge in [-0.1, -0.05) is 36.4 Å². The molecule has 0 aliphatic carbocycles. The molecule has 0 heterocycles. The molecule has 0 aliphatic rings. The predicted molar refractivity (Wildman–Crippen MR) is 155 cm³/mol. The Labute approximate surface area is 234 Å². The number of fused-ring (bicyclic) bond motifs is 1. The van der Waals surface area contributed by atoms with Crippen molar-refractivity contribution < 1.29 is 19.2 Å². The van der Waals surface area contributed by atoms with Crippen molar-refractivity contribution in [2.45, 2.75) is 6.61 Å². The zero-order valence-corrected chi connectivity index (χ0v) is 23.2. The first-order valence-corrected chi connectivity index (χ1v) is 12.8. The largest absolute Gasteiger partial charge is 0.496 e. The molecule has 0 saturated heterocycles. The molecule has 0 radical (unpaired) electrons. The fourth-order valence-corrected chi connectivity index (χ4v) is 5.63. The van der Waals surface area contributed by atoms with Crippen LogP contribution in [0.25, 0.3) is 10.8 Å². The third kappa shape index (κ3) is 6.10. The van der Waals surface area contributed by atoms with E-state index >= 15 is 0 Å². The van der Waals surface area contributed by atoms with E-state index in [1.54, 1.807) is 24.4 Å². The molecular formula is C26H19I2N3O5. The smallest absolute Gasteiger partial charge is 0.275 e. The number of methoxy groups -OCH3 is 1. The fraction of sp³-hybridized carbons (Fsp3) is 0.0769. The first-order chi connectivity index (χ1) is 17.4. The number of benzene rings is 4. The number of halogens is 2. The van der Waals surface area contributed by atoms with Gasteiger partial charge in [0.25, 0.3) is 11.6 Å². The molecule has 0 atom stereocenters. The number of rotatable bonds is 8. The van der Waals surface area contributed by atoms with Gasteiger partial charge in [-0.2, -0.15) is 5.10 Å². The number of nitro groups is 1. The average Bonchev–Trinajstić information content (AvgIpc) is 2.87. The van der Waals surface area contributed by atoms with Gasteiger partial charge >= 0.3 is 0 Å². The molecule has 4 rings (SSSR count). The third-order valence-corrected chi connectivity index (χ3v) is 6.82. The van der Waals surface area contributed by atoms with Crippen molar-refractivity contribution in [3.63, 3.8) is 0 Å². The second-order valence-corrected chi connectivity index (χ2v) is 9.95. The summed E-state index contributed by atoms with van der Waals surface area (Å²) >= 11 is 4.32. The lowest BCUT2D eigenvalue weighted by Gasteiger charge is -2.11. The SMILES string of the molecule is COc1cc2ccccc2cc1C(=O)N/N=C\c1cc(I)c(OCc2cccc([N+](=O)[O-])c2)c(I)c1. The number of ether oxygens (including phenoxy) is 2. The highest BCUT2D eigenvalue weighted by molar-refractivity contribution is 14.1. The molecule has 0 aromatic heterocycles. The molecule has 4 aromatic rings. The van der Waals surface area contributed by atoms with E-state index < -0.39 is 4.92 Å². The van der Waals surface area contributed by atoms with Crippen molar-refractivity contribution in [2.75, 3.05) is 7.11 Å². The van der Waals surface area contributed by atoms with Crippen molar-refractivity contribution in [3.05, 3.63) is 107 Å². The van der Waals surface area contributed by atoms with E-state index in [0.29, 0.717) is 22.6 Å². The van der Waals surface area contributed by atoms with Crippen LogP contribution in [0.3, 0.4) is 0 Å². The lowest BCUT2D eigenvalue weighted by atomic mass is 10.1. The van der Waals surface area contributed by atoms with Crippen molar-refractivity contribution in [3.8, 4) is 11.5 Å². The minimum absolute atomic E-state index is 0.0235. The summed E-state index contributed by atoms with van der Waals surface area (Å²) in [6, 6.07) is 21.4. The van der Waals surface area contributed by atoms with Crippen LogP contribution in [-0.2, 0) is 6.61 Å². The molecule has 36 heavy (non-hydrogen) atoms. The fourth-order valence-electron chi connectivity index (χ4n) is 3.50. The first-order valence-electron chi connectivity index (χ1n) is 10.6. The van der Waals surface area contributed by atoms with Gasteiger partial charge in [-0.05, 0) is 91.3 Å². The summed E-state index contributed by atoms with van der Waals surface area (Å²) in [7, 11) is 1.52. The normalized spacial score (nSPS) is 11.0. The average molecular weight is 707 g/mol. The van der Waals surface area contributed by atoms with E-state index in [9.17, 15) is 14.9 Å². The minimum atomic E-state index is -0.431. The highest BCUT2D eigenvalue weighted by Crippen LogP contribution is 2.30. The summed E-state index contributed by atoms with van der Waals surface area (Å²) in [5, 5.41) is 17.0. The number of non-ortho nitro benzene ring substituents is 1. The maximum Gasteiger partial charge on any atom is 0.275 e. The minimum Gasteiger partial charge on any atom is -0.496 e. The van der Waals surface area contributed by atoms with E-state index in [4.69, 9.17) is 9.47 Å². The molecule has 1 N–H and O–H groups in total. The van der Waals surface area contributed by atoms with Gasteiger partial charge in [-0.3, -0.25) is 14.9 Å². The molecule has 4 aromatic carbocycles. The van der Waals surface area contributed by atoms with Crippen LogP contribution >= 0.6 is 45.2 Å². The monoisotopic (exact) mass is 707 g/mol. The predicted octanol–water partition coefficient (Wildman–Crippen LogP) is 6.31. The lowest BCUT2D eigenvalue weighted by molar-refractivity contribution is -0.384. The van der Waals surface area contributed by atoms with E-state index in [2.05, 4.69) is 55.7 Å². The Morgan fingerprint density at radius 2 is 1.72 bits per heavy atom. The van der Waals surface area contributed by atoms with Crippen LogP contribution in [0.5, 0.6) is 11.5 Å². The number of carbonyl (C=O) groups excluding carboxylic acids is 1. The van der Waals surface area contributed by atoms with Crippen molar-refractivity contribution in [1.29, 1.82) is 0 Å². The van der Waals surface area contributed by atoms with Gasteiger partial charge in [0.05, 0.1) is 31.0 Å². The Bertz CT molecular complexity index is 1470. The number of amides is 1. The van der Waals surface area contributed by atoms with Gasteiger partial charge in [0.2, 0.25) is 0 Å². The Morgan fingerprint density at radius 3 is 2.39 bits per heavy atom. The van der Waals surface area contributed by atoms with Gasteiger partial charge in [-0.15, -0.1) is 0 Å². The van der Waals surface area contributed by atoms with Crippen molar-refractivity contribution in [1.82, 2.24) is 5.43 Å². The number of hydrazone groups is 1. The highest BCUT2D eigenvalue weighted by atomic mass is 127. The zero-order valence-electron chi connectivity index (χ0n) is 18.9. The second kappa shape index (κ2) is 11.6. The van der Waals surface area contributed by atoms with Crippen LogP contribution in [0.2, 0.25) is 0 Å². The summed E-state index contributed by atoms with van der Waals surface area (Å²) < 4.78 is 13.0. The molecule has 8 nitrogen and oxygen atoms in total. The number of hydrogen-bond acceptors (Lipinski definition) is 6. The van der Waals surface area contributed by atoms with Crippen LogP contribution in [0.1, 0.15) is 21.5 Å². The number of carbonyl (C=O) groups is 1. The summed E-state index contributed by atoms with van der Waals surface area (Å²) in [5.41, 5.74) is 4.45. The molecule has 0 bridgehead atoms. The van der Waals surface area contributed by atoms with Gasteiger partial charge < -0.3 is 9.47 Å². The molecule has 10 heteroatoms. The Kier molecular flexibility index (Phi) is 8.36. The number of nitro benzene ring substituents is 1. The molecule has 0 spiro atoms. The lowest BCUT2D eigenvalue weighted by Crippen LogP contribution is -2.18. The maximum atomic E-state index is 12.8. The molecule has 0 saturated carbocycles. The van der Waals surface area contributed by atoms with Gasteiger partial charge in [0.1, 0.15) is 18.1 Å². The van der Waals surface area contributed by atoms with Gasteiger partial charge in [-0.25, -0.2) is 5.43 Å². The highest BCUT2D eigenvalue weighted by Gasteiger charge is 2.14. The van der Waals surface area contributed by atoms with Crippen molar-refractivity contribution in [2.24, 2.45) is 5.10 Å². The van der Waals surface area contributed by atoms with Crippen LogP contribution < -0.4 is 14.9 Å². The first kappa shape index (κ1) is 25.8. The molecule has 0 aliphatic heterocycles. The second-order valence-electron chi connectivity index (χ2n) is 7.63. The van der Waals surface area contributed by atoms with Gasteiger partial charge in [0, 0.05) is 12.1 Å². The summed E-state index contributed by atoms with van der Waals surface area (Å²) in [5.74, 6) is 0.760. The standard InChI is InChI=1S/C26H19I2N3O5/c1-35-24-13-19-7-3-2-6-18(19)12-21(24)26(32)30-29-14-17-10-22(27)25(23(28)11-17)36-15-16-5-4-8-20(9-16)31(33)34/h2-14H,15H2,1H3,(H,30,32)/b29-14-. The third-order valence-electron chi connectivity index (χ3n) is 5.22. The Hall–Kier alpha value is -3.26. The Balaban J connectivity index is 1.45. The Morgan fingerprint density at radius 1 is 1.03 bits per heavy atom. The van der Waals surface area contributed by atoms with Crippen LogP contribution in [0.4, 0.5) is 5.69 Å². The topological polar surface area (TPSA) is 103 Å². The van der Waals surface area contributed by atoms with Crippen LogP contribution in [-0.4, -0.2) is 24.2 Å². The molecule has 182 valence electrons. The number of nitrogens with zero attached hydrogens (tertiary/aromatic N) is 2. The zero-order chi connectivity index (χ0) is 25.7. The van der Waals surface area contributed by atoms with Gasteiger partial charge in [0.15, 0.2) is 0 Å². The van der Waals surface area contributed by atoms with E-state index in [1.165, 1.54) is 19.2 Å². The maximum absolute atomic E-state index is 12.8. The van der Waals surface area contributed by atoms with Crippen LogP contribution in [0, 0.1) is 17.3 Å². The van der Waals surface area contributed by atoms with E-state index in [-0.39, 0.29) is 18.2 Å². The number of hydrogen-bond donors (Lipinski definition) is 1.